The molecular formula is C25H23BrN2O2S. The molecule has 1 aliphatic heterocycles. The molecule has 0 spiro atoms. The first-order chi connectivity index (χ1) is 14.8. The van der Waals surface area contributed by atoms with Crippen LogP contribution in [0.5, 0.6) is 0 Å². The minimum atomic E-state index is -0.241. The number of para-hydroxylation sites is 1. The molecule has 31 heavy (non-hydrogen) atoms. The zero-order valence-corrected chi connectivity index (χ0v) is 20.3. The van der Waals surface area contributed by atoms with E-state index < -0.39 is 0 Å². The Balaban J connectivity index is 1.66. The molecule has 0 atom stereocenters. The number of imide groups is 1. The van der Waals surface area contributed by atoms with Gasteiger partial charge in [-0.2, -0.15) is 0 Å². The minimum absolute atomic E-state index is 0.234. The molecule has 4 rings (SSSR count). The van der Waals surface area contributed by atoms with E-state index in [-0.39, 0.29) is 17.7 Å². The number of aromatic nitrogens is 1. The summed E-state index contributed by atoms with van der Waals surface area (Å²) >= 11 is 4.41. The fraction of sp³-hybridized carbons (Fsp3) is 0.200. The Morgan fingerprint density at radius 2 is 1.61 bits per heavy atom. The summed E-state index contributed by atoms with van der Waals surface area (Å²) < 4.78 is 3.19. The Kier molecular flexibility index (Phi) is 5.95. The van der Waals surface area contributed by atoms with E-state index in [4.69, 9.17) is 0 Å². The van der Waals surface area contributed by atoms with Gasteiger partial charge in [0.15, 0.2) is 0 Å². The third kappa shape index (κ3) is 4.14. The van der Waals surface area contributed by atoms with Gasteiger partial charge in [0, 0.05) is 15.9 Å². The summed E-state index contributed by atoms with van der Waals surface area (Å²) in [7, 11) is 0. The molecule has 6 heteroatoms. The van der Waals surface area contributed by atoms with Crippen molar-refractivity contribution in [1.82, 2.24) is 9.47 Å². The van der Waals surface area contributed by atoms with Gasteiger partial charge in [-0.1, -0.05) is 46.3 Å². The normalized spacial score (nSPS) is 15.4. The highest BCUT2D eigenvalue weighted by Gasteiger charge is 2.35. The monoisotopic (exact) mass is 494 g/mol. The van der Waals surface area contributed by atoms with Crippen LogP contribution in [0.1, 0.15) is 33.6 Å². The second kappa shape index (κ2) is 8.52. The van der Waals surface area contributed by atoms with Crippen LogP contribution < -0.4 is 0 Å². The molecule has 4 nitrogen and oxygen atoms in total. The quantitative estimate of drug-likeness (QED) is 0.378. The number of nitrogens with zero attached hydrogens (tertiary/aromatic N) is 2. The Morgan fingerprint density at radius 1 is 0.968 bits per heavy atom. The Hall–Kier alpha value is -2.57. The molecule has 0 bridgehead atoms. The first kappa shape index (κ1) is 21.7. The third-order valence-electron chi connectivity index (χ3n) is 5.55. The zero-order valence-electron chi connectivity index (χ0n) is 17.9. The SMILES string of the molecule is Cc1cccc(C)c1-n1c(C)cc(/C=C2\SC(=O)N(Cc3ccc(Br)cc3)C2=O)c1C. The lowest BCUT2D eigenvalue weighted by molar-refractivity contribution is -0.123. The van der Waals surface area contributed by atoms with Crippen molar-refractivity contribution in [2.75, 3.05) is 0 Å². The second-order valence-electron chi connectivity index (χ2n) is 7.80. The van der Waals surface area contributed by atoms with Gasteiger partial charge in [-0.15, -0.1) is 0 Å². The molecule has 2 heterocycles. The molecule has 0 radical (unpaired) electrons. The summed E-state index contributed by atoms with van der Waals surface area (Å²) in [4.78, 5) is 27.3. The first-order valence-electron chi connectivity index (χ1n) is 10.0. The summed E-state index contributed by atoms with van der Waals surface area (Å²) in [6.07, 6.45) is 1.85. The second-order valence-corrected chi connectivity index (χ2v) is 9.71. The molecule has 0 saturated carbocycles. The summed E-state index contributed by atoms with van der Waals surface area (Å²) in [5.41, 5.74) is 7.57. The van der Waals surface area contributed by atoms with Crippen molar-refractivity contribution in [2.24, 2.45) is 0 Å². The Labute approximate surface area is 195 Å². The third-order valence-corrected chi connectivity index (χ3v) is 6.98. The number of carbonyl (C=O) groups is 2. The predicted octanol–water partition coefficient (Wildman–Crippen LogP) is 6.71. The summed E-state index contributed by atoms with van der Waals surface area (Å²) in [5, 5.41) is -0.234. The van der Waals surface area contributed by atoms with Gasteiger partial charge in [0.2, 0.25) is 0 Å². The van der Waals surface area contributed by atoms with Crippen molar-refractivity contribution in [1.29, 1.82) is 0 Å². The number of benzene rings is 2. The van der Waals surface area contributed by atoms with Gasteiger partial charge in [0.1, 0.15) is 0 Å². The number of rotatable bonds is 4. The summed E-state index contributed by atoms with van der Waals surface area (Å²) in [6.45, 7) is 8.60. The van der Waals surface area contributed by atoms with E-state index in [1.54, 1.807) is 0 Å². The van der Waals surface area contributed by atoms with Crippen molar-refractivity contribution in [2.45, 2.75) is 34.2 Å². The van der Waals surface area contributed by atoms with Gasteiger partial charge in [0.05, 0.1) is 17.1 Å². The van der Waals surface area contributed by atoms with Crippen LogP contribution in [0.3, 0.4) is 0 Å². The molecular weight excluding hydrogens is 472 g/mol. The van der Waals surface area contributed by atoms with Gasteiger partial charge in [-0.3, -0.25) is 14.5 Å². The smallest absolute Gasteiger partial charge is 0.293 e. The van der Waals surface area contributed by atoms with Crippen molar-refractivity contribution in [3.63, 3.8) is 0 Å². The van der Waals surface area contributed by atoms with Crippen LogP contribution in [0.4, 0.5) is 4.79 Å². The van der Waals surface area contributed by atoms with Crippen LogP contribution in [0.15, 0.2) is 57.9 Å². The number of amides is 2. The topological polar surface area (TPSA) is 42.3 Å². The molecule has 0 aliphatic carbocycles. The number of hydrogen-bond donors (Lipinski definition) is 0. The lowest BCUT2D eigenvalue weighted by atomic mass is 10.1. The largest absolute Gasteiger partial charge is 0.317 e. The van der Waals surface area contributed by atoms with Gasteiger partial charge in [-0.05, 0) is 86.0 Å². The highest BCUT2D eigenvalue weighted by atomic mass is 79.9. The standard InChI is InChI=1S/C25H23BrN2O2S/c1-15-6-5-7-16(2)23(15)28-17(3)12-20(18(28)4)13-22-24(29)27(25(30)31-22)14-19-8-10-21(26)11-9-19/h5-13H,14H2,1-4H3/b22-13-. The molecule has 2 amide bonds. The highest BCUT2D eigenvalue weighted by molar-refractivity contribution is 9.10. The number of aryl methyl sites for hydroxylation is 3. The van der Waals surface area contributed by atoms with E-state index in [0.29, 0.717) is 4.91 Å². The lowest BCUT2D eigenvalue weighted by Gasteiger charge is -2.15. The minimum Gasteiger partial charge on any atom is -0.317 e. The fourth-order valence-electron chi connectivity index (χ4n) is 3.99. The molecule has 1 fully saturated rings. The average Bonchev–Trinajstić information content (AvgIpc) is 3.14. The molecule has 1 saturated heterocycles. The molecule has 3 aromatic rings. The van der Waals surface area contributed by atoms with Gasteiger partial charge in [-0.25, -0.2) is 0 Å². The maximum absolute atomic E-state index is 13.0. The van der Waals surface area contributed by atoms with Crippen LogP contribution >= 0.6 is 27.7 Å². The number of hydrogen-bond acceptors (Lipinski definition) is 3. The van der Waals surface area contributed by atoms with E-state index in [1.807, 2.05) is 30.3 Å². The zero-order chi connectivity index (χ0) is 22.3. The molecule has 1 aliphatic rings. The van der Waals surface area contributed by atoms with Crippen molar-refractivity contribution >= 4 is 44.9 Å². The predicted molar refractivity (Wildman–Crippen MR) is 130 cm³/mol. The summed E-state index contributed by atoms with van der Waals surface area (Å²) in [5.74, 6) is -0.241. The Bertz CT molecular complexity index is 1200. The van der Waals surface area contributed by atoms with E-state index >= 15 is 0 Å². The van der Waals surface area contributed by atoms with Crippen molar-refractivity contribution in [3.05, 3.63) is 91.6 Å². The summed E-state index contributed by atoms with van der Waals surface area (Å²) in [6, 6.07) is 16.0. The fourth-order valence-corrected chi connectivity index (χ4v) is 5.08. The van der Waals surface area contributed by atoms with E-state index in [9.17, 15) is 9.59 Å². The van der Waals surface area contributed by atoms with Gasteiger partial charge >= 0.3 is 0 Å². The average molecular weight is 495 g/mol. The van der Waals surface area contributed by atoms with Gasteiger partial charge in [0.25, 0.3) is 11.1 Å². The van der Waals surface area contributed by atoms with Crippen LogP contribution in [-0.4, -0.2) is 20.6 Å². The maximum Gasteiger partial charge on any atom is 0.293 e. The molecule has 158 valence electrons. The number of halogens is 1. The van der Waals surface area contributed by atoms with Crippen LogP contribution in [-0.2, 0) is 11.3 Å². The van der Waals surface area contributed by atoms with E-state index in [0.717, 1.165) is 38.7 Å². The lowest BCUT2D eigenvalue weighted by Crippen LogP contribution is -2.27. The number of thioether (sulfide) groups is 1. The molecule has 0 unspecified atom stereocenters. The maximum atomic E-state index is 13.0. The highest BCUT2D eigenvalue weighted by Crippen LogP contribution is 2.35. The van der Waals surface area contributed by atoms with Crippen LogP contribution in [0.2, 0.25) is 0 Å². The van der Waals surface area contributed by atoms with Gasteiger partial charge < -0.3 is 4.57 Å². The van der Waals surface area contributed by atoms with Crippen LogP contribution in [0, 0.1) is 27.7 Å². The number of carbonyl (C=O) groups excluding carboxylic acids is 2. The van der Waals surface area contributed by atoms with E-state index in [2.05, 4.69) is 72.5 Å². The van der Waals surface area contributed by atoms with E-state index in [1.165, 1.54) is 21.7 Å². The Morgan fingerprint density at radius 3 is 2.26 bits per heavy atom. The first-order valence-corrected chi connectivity index (χ1v) is 11.6. The van der Waals surface area contributed by atoms with Crippen LogP contribution in [0.25, 0.3) is 11.8 Å². The molecule has 2 aromatic carbocycles. The molecule has 1 aromatic heterocycles. The van der Waals surface area contributed by atoms with Crippen molar-refractivity contribution < 1.29 is 9.59 Å². The van der Waals surface area contributed by atoms with Crippen molar-refractivity contribution in [3.8, 4) is 5.69 Å². The molecule has 0 N–H and O–H groups in total.